The predicted molar refractivity (Wildman–Crippen MR) is 104 cm³/mol. The molecule has 0 bridgehead atoms. The van der Waals surface area contributed by atoms with Crippen molar-refractivity contribution in [3.05, 3.63) is 48.8 Å². The number of methoxy groups -OCH3 is 2. The van der Waals surface area contributed by atoms with Gasteiger partial charge >= 0.3 is 0 Å². The summed E-state index contributed by atoms with van der Waals surface area (Å²) in [7, 11) is 3.07. The normalized spacial score (nSPS) is 10.6. The van der Waals surface area contributed by atoms with Gasteiger partial charge in [-0.1, -0.05) is 12.1 Å². The van der Waals surface area contributed by atoms with E-state index in [4.69, 9.17) is 9.47 Å². The van der Waals surface area contributed by atoms with E-state index in [1.807, 2.05) is 24.3 Å². The predicted octanol–water partition coefficient (Wildman–Crippen LogP) is 0.972. The van der Waals surface area contributed by atoms with E-state index in [2.05, 4.69) is 36.3 Å². The minimum Gasteiger partial charge on any atom is -0.497 e. The molecule has 2 aromatic carbocycles. The standard InChI is InChI=1S/C18H17N9O3/c1-29-13-7-12(8-14(9-13)30-2)20-17(28)10-27-22-18(21-24-27)15-5-3-4-6-16(15)26-11-19-23-25-26/h3-9,11H,10H2,1-2H3,(H,20,28). The molecule has 12 heteroatoms. The van der Waals surface area contributed by atoms with E-state index in [0.29, 0.717) is 34.3 Å². The van der Waals surface area contributed by atoms with Crippen molar-refractivity contribution < 1.29 is 14.3 Å². The molecule has 0 aliphatic carbocycles. The lowest BCUT2D eigenvalue weighted by atomic mass is 10.1. The highest BCUT2D eigenvalue weighted by Crippen LogP contribution is 2.26. The Labute approximate surface area is 170 Å². The first-order valence-electron chi connectivity index (χ1n) is 8.80. The third-order valence-corrected chi connectivity index (χ3v) is 4.11. The van der Waals surface area contributed by atoms with Gasteiger partial charge < -0.3 is 14.8 Å². The lowest BCUT2D eigenvalue weighted by molar-refractivity contribution is -0.117. The van der Waals surface area contributed by atoms with Crippen LogP contribution in [0.3, 0.4) is 0 Å². The van der Waals surface area contributed by atoms with Crippen molar-refractivity contribution >= 4 is 11.6 Å². The molecule has 1 N–H and O–H groups in total. The van der Waals surface area contributed by atoms with E-state index in [-0.39, 0.29) is 12.5 Å². The molecule has 0 saturated carbocycles. The second-order valence-electron chi connectivity index (χ2n) is 6.06. The van der Waals surface area contributed by atoms with Crippen molar-refractivity contribution in [3.8, 4) is 28.6 Å². The third-order valence-electron chi connectivity index (χ3n) is 4.11. The fraction of sp³-hybridized carbons (Fsp3) is 0.167. The lowest BCUT2D eigenvalue weighted by Gasteiger charge is -2.09. The zero-order valence-electron chi connectivity index (χ0n) is 16.1. The van der Waals surface area contributed by atoms with Gasteiger partial charge in [0.2, 0.25) is 11.7 Å². The first-order valence-corrected chi connectivity index (χ1v) is 8.80. The molecular weight excluding hydrogens is 390 g/mol. The van der Waals surface area contributed by atoms with Crippen LogP contribution in [0.15, 0.2) is 48.8 Å². The molecule has 0 atom stereocenters. The van der Waals surface area contributed by atoms with Crippen LogP contribution in [0.2, 0.25) is 0 Å². The van der Waals surface area contributed by atoms with E-state index >= 15 is 0 Å². The molecule has 0 fully saturated rings. The second kappa shape index (κ2) is 8.34. The maximum absolute atomic E-state index is 12.4. The van der Waals surface area contributed by atoms with Crippen molar-refractivity contribution in [3.63, 3.8) is 0 Å². The highest BCUT2D eigenvalue weighted by molar-refractivity contribution is 5.90. The summed E-state index contributed by atoms with van der Waals surface area (Å²) < 4.78 is 11.9. The third kappa shape index (κ3) is 4.06. The summed E-state index contributed by atoms with van der Waals surface area (Å²) in [5, 5.41) is 26.3. The molecule has 152 valence electrons. The topological polar surface area (TPSA) is 135 Å². The molecular formula is C18H17N9O3. The van der Waals surface area contributed by atoms with E-state index < -0.39 is 0 Å². The maximum Gasteiger partial charge on any atom is 0.248 e. The molecule has 0 unspecified atom stereocenters. The van der Waals surface area contributed by atoms with Crippen LogP contribution in [0.25, 0.3) is 17.1 Å². The van der Waals surface area contributed by atoms with Gasteiger partial charge in [-0.25, -0.2) is 0 Å². The molecule has 0 saturated heterocycles. The Morgan fingerprint density at radius 1 is 1.07 bits per heavy atom. The summed E-state index contributed by atoms with van der Waals surface area (Å²) in [6.45, 7) is -0.125. The SMILES string of the molecule is COc1cc(NC(=O)Cn2nnc(-c3ccccc3-n3cnnn3)n2)cc(OC)c1. The number of anilines is 1. The van der Waals surface area contributed by atoms with Crippen LogP contribution >= 0.6 is 0 Å². The molecule has 0 aliphatic heterocycles. The fourth-order valence-corrected chi connectivity index (χ4v) is 2.76. The Morgan fingerprint density at radius 2 is 1.83 bits per heavy atom. The molecule has 2 heterocycles. The van der Waals surface area contributed by atoms with Crippen LogP contribution < -0.4 is 14.8 Å². The number of aromatic nitrogens is 8. The number of rotatable bonds is 7. The Balaban J connectivity index is 1.50. The lowest BCUT2D eigenvalue weighted by Crippen LogP contribution is -2.20. The highest BCUT2D eigenvalue weighted by Gasteiger charge is 2.14. The summed E-state index contributed by atoms with van der Waals surface area (Å²) in [5.41, 5.74) is 1.89. The number of hydrogen-bond acceptors (Lipinski definition) is 9. The average Bonchev–Trinajstić information content (AvgIpc) is 3.45. The number of carbonyl (C=O) groups excluding carboxylic acids is 1. The van der Waals surface area contributed by atoms with Crippen LogP contribution in [0.1, 0.15) is 0 Å². The van der Waals surface area contributed by atoms with Crippen LogP contribution in [0, 0.1) is 0 Å². The van der Waals surface area contributed by atoms with E-state index in [1.165, 1.54) is 30.0 Å². The summed E-state index contributed by atoms with van der Waals surface area (Å²) in [6, 6.07) is 12.4. The summed E-state index contributed by atoms with van der Waals surface area (Å²) >= 11 is 0. The number of benzene rings is 2. The Hall–Kier alpha value is -4.35. The first-order chi connectivity index (χ1) is 14.7. The summed E-state index contributed by atoms with van der Waals surface area (Å²) in [4.78, 5) is 13.6. The second-order valence-corrected chi connectivity index (χ2v) is 6.06. The van der Waals surface area contributed by atoms with E-state index in [1.54, 1.807) is 18.2 Å². The van der Waals surface area contributed by atoms with Gasteiger partial charge in [-0.2, -0.15) is 9.48 Å². The van der Waals surface area contributed by atoms with Gasteiger partial charge in [0, 0.05) is 29.4 Å². The molecule has 4 rings (SSSR count). The largest absolute Gasteiger partial charge is 0.497 e. The highest BCUT2D eigenvalue weighted by atomic mass is 16.5. The summed E-state index contributed by atoms with van der Waals surface area (Å²) in [5.74, 6) is 1.13. The number of tetrazole rings is 2. The molecule has 12 nitrogen and oxygen atoms in total. The smallest absolute Gasteiger partial charge is 0.248 e. The Kier molecular flexibility index (Phi) is 5.28. The zero-order valence-corrected chi connectivity index (χ0v) is 16.1. The van der Waals surface area contributed by atoms with Gasteiger partial charge in [-0.05, 0) is 27.8 Å². The molecule has 0 radical (unpaired) electrons. The molecule has 1 amide bonds. The van der Waals surface area contributed by atoms with Crippen LogP contribution in [-0.4, -0.2) is 60.5 Å². The van der Waals surface area contributed by atoms with Crippen LogP contribution in [-0.2, 0) is 11.3 Å². The number of nitrogens with zero attached hydrogens (tertiary/aromatic N) is 8. The van der Waals surface area contributed by atoms with Crippen LogP contribution in [0.4, 0.5) is 5.69 Å². The first kappa shape index (κ1) is 19.0. The van der Waals surface area contributed by atoms with E-state index in [0.717, 1.165) is 0 Å². The Bertz CT molecular complexity index is 1140. The van der Waals surface area contributed by atoms with Crippen LogP contribution in [0.5, 0.6) is 11.5 Å². The quantitative estimate of drug-likeness (QED) is 0.475. The maximum atomic E-state index is 12.4. The summed E-state index contributed by atoms with van der Waals surface area (Å²) in [6.07, 6.45) is 1.47. The van der Waals surface area contributed by atoms with Gasteiger partial charge in [0.25, 0.3) is 0 Å². The number of carbonyl (C=O) groups is 1. The molecule has 2 aromatic heterocycles. The zero-order chi connectivity index (χ0) is 20.9. The van der Waals surface area contributed by atoms with Gasteiger partial charge in [0.05, 0.1) is 19.9 Å². The molecule has 30 heavy (non-hydrogen) atoms. The fourth-order valence-electron chi connectivity index (χ4n) is 2.76. The molecule has 4 aromatic rings. The van der Waals surface area contributed by atoms with Crippen molar-refractivity contribution in [1.82, 2.24) is 40.4 Å². The number of nitrogens with one attached hydrogen (secondary N) is 1. The monoisotopic (exact) mass is 407 g/mol. The van der Waals surface area contributed by atoms with Gasteiger partial charge in [-0.3, -0.25) is 4.79 Å². The minimum absolute atomic E-state index is 0.125. The number of para-hydroxylation sites is 1. The molecule has 0 spiro atoms. The van der Waals surface area contributed by atoms with Crippen molar-refractivity contribution in [1.29, 1.82) is 0 Å². The van der Waals surface area contributed by atoms with Crippen molar-refractivity contribution in [2.75, 3.05) is 19.5 Å². The Morgan fingerprint density at radius 3 is 2.53 bits per heavy atom. The van der Waals surface area contributed by atoms with Gasteiger partial charge in [0.15, 0.2) is 0 Å². The minimum atomic E-state index is -0.331. The van der Waals surface area contributed by atoms with Gasteiger partial charge in [0.1, 0.15) is 24.4 Å². The van der Waals surface area contributed by atoms with E-state index in [9.17, 15) is 4.79 Å². The number of hydrogen-bond donors (Lipinski definition) is 1. The average molecular weight is 407 g/mol. The molecule has 0 aliphatic rings. The van der Waals surface area contributed by atoms with Gasteiger partial charge in [-0.15, -0.1) is 15.3 Å². The number of ether oxygens (including phenoxy) is 2. The number of amides is 1. The van der Waals surface area contributed by atoms with Crippen molar-refractivity contribution in [2.24, 2.45) is 0 Å². The van der Waals surface area contributed by atoms with Crippen molar-refractivity contribution in [2.45, 2.75) is 6.54 Å².